The second-order valence-electron chi connectivity index (χ2n) is 5.30. The van der Waals surface area contributed by atoms with Gasteiger partial charge >= 0.3 is 5.97 Å². The molecule has 132 valence electrons. The van der Waals surface area contributed by atoms with E-state index in [0.717, 1.165) is 0 Å². The van der Waals surface area contributed by atoms with Crippen LogP contribution in [0, 0.1) is 17.1 Å². The SMILES string of the molecule is N#C/C(=C/NCCc1ccccc1F)C(=O)Nc1ccc(C(=O)O)cc1. The second-order valence-corrected chi connectivity index (χ2v) is 5.30. The number of carbonyl (C=O) groups is 2. The Morgan fingerprint density at radius 2 is 1.85 bits per heavy atom. The van der Waals surface area contributed by atoms with Gasteiger partial charge in [0.05, 0.1) is 5.56 Å². The Morgan fingerprint density at radius 1 is 1.15 bits per heavy atom. The van der Waals surface area contributed by atoms with Crippen LogP contribution in [0.1, 0.15) is 15.9 Å². The van der Waals surface area contributed by atoms with Crippen LogP contribution in [0.4, 0.5) is 10.1 Å². The van der Waals surface area contributed by atoms with Crippen LogP contribution in [0.25, 0.3) is 0 Å². The van der Waals surface area contributed by atoms with Crippen molar-refractivity contribution in [2.45, 2.75) is 6.42 Å². The Bertz CT molecular complexity index is 870. The molecule has 1 amide bonds. The summed E-state index contributed by atoms with van der Waals surface area (Å²) in [6, 6.07) is 13.7. The molecule has 0 saturated carbocycles. The van der Waals surface area contributed by atoms with Crippen molar-refractivity contribution in [2.75, 3.05) is 11.9 Å². The van der Waals surface area contributed by atoms with Gasteiger partial charge in [0.1, 0.15) is 17.5 Å². The molecule has 0 aliphatic carbocycles. The van der Waals surface area contributed by atoms with E-state index in [2.05, 4.69) is 10.6 Å². The predicted molar refractivity (Wildman–Crippen MR) is 93.8 cm³/mol. The van der Waals surface area contributed by atoms with Gasteiger partial charge < -0.3 is 15.7 Å². The van der Waals surface area contributed by atoms with Gasteiger partial charge in [-0.05, 0) is 42.3 Å². The van der Waals surface area contributed by atoms with Crippen LogP contribution in [0.3, 0.4) is 0 Å². The number of halogens is 1. The summed E-state index contributed by atoms with van der Waals surface area (Å²) in [5, 5.41) is 23.2. The Morgan fingerprint density at radius 3 is 2.46 bits per heavy atom. The quantitative estimate of drug-likeness (QED) is 0.403. The molecule has 26 heavy (non-hydrogen) atoms. The highest BCUT2D eigenvalue weighted by Crippen LogP contribution is 2.11. The summed E-state index contributed by atoms with van der Waals surface area (Å²) < 4.78 is 13.5. The Labute approximate surface area is 149 Å². The zero-order valence-electron chi connectivity index (χ0n) is 13.7. The first-order chi connectivity index (χ1) is 12.5. The fraction of sp³-hybridized carbons (Fsp3) is 0.105. The van der Waals surface area contributed by atoms with Gasteiger partial charge in [-0.15, -0.1) is 0 Å². The lowest BCUT2D eigenvalue weighted by atomic mass is 10.1. The van der Waals surface area contributed by atoms with Crippen LogP contribution in [-0.4, -0.2) is 23.5 Å². The molecular formula is C19H16FN3O3. The summed E-state index contributed by atoms with van der Waals surface area (Å²) >= 11 is 0. The minimum Gasteiger partial charge on any atom is -0.478 e. The number of benzene rings is 2. The third-order valence-electron chi connectivity index (χ3n) is 3.50. The number of hydrogen-bond acceptors (Lipinski definition) is 4. The fourth-order valence-electron chi connectivity index (χ4n) is 2.13. The standard InChI is InChI=1S/C19H16FN3O3/c20-17-4-2-1-3-13(17)9-10-22-12-15(11-21)18(24)23-16-7-5-14(6-8-16)19(25)26/h1-8,12,22H,9-10H2,(H,23,24)(H,25,26)/b15-12-. The smallest absolute Gasteiger partial charge is 0.335 e. The van der Waals surface area contributed by atoms with Gasteiger partial charge in [0.2, 0.25) is 0 Å². The third kappa shape index (κ3) is 5.18. The average molecular weight is 353 g/mol. The van der Waals surface area contributed by atoms with Gasteiger partial charge in [0.25, 0.3) is 5.91 Å². The van der Waals surface area contributed by atoms with E-state index in [1.165, 1.54) is 36.5 Å². The number of aromatic carboxylic acids is 1. The molecule has 7 heteroatoms. The minimum atomic E-state index is -1.07. The number of hydrogen-bond donors (Lipinski definition) is 3. The molecule has 0 heterocycles. The highest BCUT2D eigenvalue weighted by atomic mass is 19.1. The maximum absolute atomic E-state index is 13.5. The number of rotatable bonds is 7. The monoisotopic (exact) mass is 353 g/mol. The average Bonchev–Trinajstić information content (AvgIpc) is 2.63. The highest BCUT2D eigenvalue weighted by molar-refractivity contribution is 6.06. The number of amides is 1. The van der Waals surface area contributed by atoms with E-state index in [1.807, 2.05) is 0 Å². The molecule has 0 saturated heterocycles. The normalized spacial score (nSPS) is 10.7. The lowest BCUT2D eigenvalue weighted by molar-refractivity contribution is -0.112. The van der Waals surface area contributed by atoms with Crippen molar-refractivity contribution < 1.29 is 19.1 Å². The van der Waals surface area contributed by atoms with E-state index in [-0.39, 0.29) is 17.0 Å². The lowest BCUT2D eigenvalue weighted by Gasteiger charge is -2.06. The molecule has 0 spiro atoms. The van der Waals surface area contributed by atoms with Crippen LogP contribution in [-0.2, 0) is 11.2 Å². The van der Waals surface area contributed by atoms with Crippen molar-refractivity contribution in [1.82, 2.24) is 5.32 Å². The van der Waals surface area contributed by atoms with Gasteiger partial charge in [0.15, 0.2) is 0 Å². The van der Waals surface area contributed by atoms with Crippen LogP contribution < -0.4 is 10.6 Å². The van der Waals surface area contributed by atoms with Crippen LogP contribution >= 0.6 is 0 Å². The number of carboxylic acid groups (broad SMARTS) is 1. The molecule has 0 fully saturated rings. The number of carboxylic acids is 1. The molecule has 0 bridgehead atoms. The highest BCUT2D eigenvalue weighted by Gasteiger charge is 2.10. The molecule has 0 aliphatic heterocycles. The Hall–Kier alpha value is -3.66. The number of carbonyl (C=O) groups excluding carboxylic acids is 1. The van der Waals surface area contributed by atoms with E-state index in [9.17, 15) is 14.0 Å². The van der Waals surface area contributed by atoms with E-state index in [0.29, 0.717) is 24.2 Å². The van der Waals surface area contributed by atoms with Crippen molar-refractivity contribution in [3.8, 4) is 6.07 Å². The summed E-state index contributed by atoms with van der Waals surface area (Å²) in [4.78, 5) is 22.9. The Kier molecular flexibility index (Phi) is 6.46. The first-order valence-electron chi connectivity index (χ1n) is 7.73. The first-order valence-corrected chi connectivity index (χ1v) is 7.73. The molecule has 3 N–H and O–H groups in total. The molecule has 2 rings (SSSR count). The van der Waals surface area contributed by atoms with Gasteiger partial charge in [-0.3, -0.25) is 4.79 Å². The largest absolute Gasteiger partial charge is 0.478 e. The maximum Gasteiger partial charge on any atom is 0.335 e. The molecule has 0 radical (unpaired) electrons. The summed E-state index contributed by atoms with van der Waals surface area (Å²) in [5.41, 5.74) is 0.845. The van der Waals surface area contributed by atoms with Crippen molar-refractivity contribution >= 4 is 17.6 Å². The van der Waals surface area contributed by atoms with E-state index in [4.69, 9.17) is 10.4 Å². The van der Waals surface area contributed by atoms with Crippen molar-refractivity contribution in [2.24, 2.45) is 0 Å². The third-order valence-corrected chi connectivity index (χ3v) is 3.50. The Balaban J connectivity index is 1.91. The number of nitriles is 1. The van der Waals surface area contributed by atoms with E-state index in [1.54, 1.807) is 24.3 Å². The predicted octanol–water partition coefficient (Wildman–Crippen LogP) is 2.70. The summed E-state index contributed by atoms with van der Waals surface area (Å²) in [5.74, 6) is -2.00. The molecule has 2 aromatic rings. The summed E-state index contributed by atoms with van der Waals surface area (Å²) in [6.45, 7) is 0.354. The second kappa shape index (κ2) is 8.99. The molecular weight excluding hydrogens is 337 g/mol. The van der Waals surface area contributed by atoms with E-state index >= 15 is 0 Å². The molecule has 0 atom stereocenters. The summed E-state index contributed by atoms with van der Waals surface area (Å²) in [7, 11) is 0. The topological polar surface area (TPSA) is 102 Å². The van der Waals surface area contributed by atoms with Gasteiger partial charge in [-0.2, -0.15) is 5.26 Å². The molecule has 2 aromatic carbocycles. The molecule has 6 nitrogen and oxygen atoms in total. The first kappa shape index (κ1) is 18.7. The van der Waals surface area contributed by atoms with Crippen LogP contribution in [0.5, 0.6) is 0 Å². The van der Waals surface area contributed by atoms with E-state index < -0.39 is 11.9 Å². The van der Waals surface area contributed by atoms with Gasteiger partial charge in [-0.25, -0.2) is 9.18 Å². The van der Waals surface area contributed by atoms with Crippen LogP contribution in [0.15, 0.2) is 60.3 Å². The summed E-state index contributed by atoms with van der Waals surface area (Å²) in [6.07, 6.45) is 1.67. The van der Waals surface area contributed by atoms with Gasteiger partial charge in [-0.1, -0.05) is 18.2 Å². The van der Waals surface area contributed by atoms with Crippen molar-refractivity contribution in [3.63, 3.8) is 0 Å². The zero-order chi connectivity index (χ0) is 18.9. The van der Waals surface area contributed by atoms with Crippen molar-refractivity contribution in [3.05, 3.63) is 77.2 Å². The van der Waals surface area contributed by atoms with Crippen LogP contribution in [0.2, 0.25) is 0 Å². The molecule has 0 unspecified atom stereocenters. The number of anilines is 1. The minimum absolute atomic E-state index is 0.0915. The van der Waals surface area contributed by atoms with Crippen molar-refractivity contribution in [1.29, 1.82) is 5.26 Å². The molecule has 0 aromatic heterocycles. The van der Waals surface area contributed by atoms with Gasteiger partial charge in [0, 0.05) is 18.4 Å². The number of nitrogens with zero attached hydrogens (tertiary/aromatic N) is 1. The molecule has 0 aliphatic rings. The maximum atomic E-state index is 13.5. The number of nitrogens with one attached hydrogen (secondary N) is 2. The lowest BCUT2D eigenvalue weighted by Crippen LogP contribution is -2.18. The zero-order valence-corrected chi connectivity index (χ0v) is 13.7. The fourth-order valence-corrected chi connectivity index (χ4v) is 2.13.